The minimum atomic E-state index is 0.327. The Morgan fingerprint density at radius 3 is 2.48 bits per heavy atom. The van der Waals surface area contributed by atoms with Gasteiger partial charge in [-0.15, -0.1) is 5.10 Å². The molecule has 5 heteroatoms. The average Bonchev–Trinajstić information content (AvgIpc) is 3.39. The van der Waals surface area contributed by atoms with E-state index in [1.54, 1.807) is 6.20 Å². The first-order valence-corrected chi connectivity index (χ1v) is 8.91. The Labute approximate surface area is 146 Å². The number of benzene rings is 1. The van der Waals surface area contributed by atoms with Crippen LogP contribution in [0.3, 0.4) is 0 Å². The molecule has 1 unspecified atom stereocenters. The van der Waals surface area contributed by atoms with Gasteiger partial charge in [-0.3, -0.25) is 4.98 Å². The molecule has 1 atom stereocenters. The molecular formula is C20H20N4O. The summed E-state index contributed by atoms with van der Waals surface area (Å²) in [5, 5.41) is 4.88. The quantitative estimate of drug-likeness (QED) is 0.739. The van der Waals surface area contributed by atoms with Crippen LogP contribution in [-0.2, 0) is 17.6 Å². The van der Waals surface area contributed by atoms with Crippen LogP contribution in [0, 0.1) is 0 Å². The molecule has 0 spiro atoms. The summed E-state index contributed by atoms with van der Waals surface area (Å²) in [5.41, 5.74) is 3.68. The predicted octanol–water partition coefficient (Wildman–Crippen LogP) is 3.18. The van der Waals surface area contributed by atoms with E-state index in [1.165, 1.54) is 11.1 Å². The van der Waals surface area contributed by atoms with Crippen LogP contribution in [0.1, 0.15) is 35.3 Å². The highest BCUT2D eigenvalue weighted by Crippen LogP contribution is 2.34. The zero-order chi connectivity index (χ0) is 16.6. The van der Waals surface area contributed by atoms with E-state index in [0.717, 1.165) is 49.8 Å². The Balaban J connectivity index is 1.55. The molecule has 0 amide bonds. The lowest BCUT2D eigenvalue weighted by molar-refractivity contribution is 0.192. The third-order valence-corrected chi connectivity index (χ3v) is 5.22. The number of hydrogen-bond donors (Lipinski definition) is 0. The number of ether oxygens (including phenoxy) is 1. The molecule has 0 radical (unpaired) electrons. The third kappa shape index (κ3) is 2.65. The molecule has 0 saturated carbocycles. The minimum absolute atomic E-state index is 0.327. The summed E-state index contributed by atoms with van der Waals surface area (Å²) in [7, 11) is 0. The van der Waals surface area contributed by atoms with E-state index in [4.69, 9.17) is 14.8 Å². The second kappa shape index (κ2) is 6.08. The fourth-order valence-electron chi connectivity index (χ4n) is 3.93. The van der Waals surface area contributed by atoms with Gasteiger partial charge in [0.25, 0.3) is 0 Å². The van der Waals surface area contributed by atoms with Crippen molar-refractivity contribution >= 4 is 0 Å². The molecular weight excluding hydrogens is 312 g/mol. The van der Waals surface area contributed by atoms with Gasteiger partial charge in [0.15, 0.2) is 5.82 Å². The molecule has 1 fully saturated rings. The zero-order valence-corrected chi connectivity index (χ0v) is 14.0. The zero-order valence-electron chi connectivity index (χ0n) is 14.0. The van der Waals surface area contributed by atoms with Crippen molar-refractivity contribution in [1.29, 1.82) is 0 Å². The van der Waals surface area contributed by atoms with Crippen LogP contribution in [0.15, 0.2) is 48.7 Å². The Morgan fingerprint density at radius 1 is 1.00 bits per heavy atom. The minimum Gasteiger partial charge on any atom is -0.381 e. The first-order valence-electron chi connectivity index (χ1n) is 8.91. The van der Waals surface area contributed by atoms with E-state index in [-0.39, 0.29) is 0 Å². The summed E-state index contributed by atoms with van der Waals surface area (Å²) in [6.45, 7) is 1.54. The highest BCUT2D eigenvalue weighted by Gasteiger charge is 2.31. The summed E-state index contributed by atoms with van der Waals surface area (Å²) in [4.78, 5) is 9.31. The maximum Gasteiger partial charge on any atom is 0.200 e. The summed E-state index contributed by atoms with van der Waals surface area (Å²) < 4.78 is 7.77. The fraction of sp³-hybridized carbons (Fsp3) is 0.350. The molecule has 126 valence electrons. The van der Waals surface area contributed by atoms with Crippen LogP contribution >= 0.6 is 0 Å². The van der Waals surface area contributed by atoms with Gasteiger partial charge < -0.3 is 4.74 Å². The third-order valence-electron chi connectivity index (χ3n) is 5.22. The SMILES string of the molecule is c1ccc(-c2nc(C3CCOC3)n(C3Cc4ccccc4C3)n2)nc1. The van der Waals surface area contributed by atoms with Crippen molar-refractivity contribution in [1.82, 2.24) is 19.7 Å². The van der Waals surface area contributed by atoms with Crippen molar-refractivity contribution in [2.75, 3.05) is 13.2 Å². The molecule has 1 aliphatic carbocycles. The van der Waals surface area contributed by atoms with Gasteiger partial charge in [0.1, 0.15) is 11.5 Å². The number of rotatable bonds is 3. The number of nitrogens with zero attached hydrogens (tertiary/aromatic N) is 4. The molecule has 5 nitrogen and oxygen atoms in total. The molecule has 0 bridgehead atoms. The lowest BCUT2D eigenvalue weighted by Crippen LogP contribution is -2.17. The fourth-order valence-corrected chi connectivity index (χ4v) is 3.93. The van der Waals surface area contributed by atoms with E-state index in [1.807, 2.05) is 18.2 Å². The van der Waals surface area contributed by atoms with Gasteiger partial charge in [0, 0.05) is 18.7 Å². The maximum absolute atomic E-state index is 5.61. The average molecular weight is 332 g/mol. The molecule has 1 aliphatic heterocycles. The van der Waals surface area contributed by atoms with Crippen molar-refractivity contribution in [2.24, 2.45) is 0 Å². The van der Waals surface area contributed by atoms with Crippen LogP contribution in [0.25, 0.3) is 11.5 Å². The number of hydrogen-bond acceptors (Lipinski definition) is 4. The standard InChI is InChI=1S/C20H20N4O/c1-2-6-15-12-17(11-14(15)5-1)24-20(16-8-10-25-13-16)22-19(23-24)18-7-3-4-9-21-18/h1-7,9,16-17H,8,10-13H2. The lowest BCUT2D eigenvalue weighted by Gasteiger charge is -2.15. The van der Waals surface area contributed by atoms with Crippen molar-refractivity contribution in [2.45, 2.75) is 31.2 Å². The Hall–Kier alpha value is -2.53. The van der Waals surface area contributed by atoms with Crippen LogP contribution in [0.4, 0.5) is 0 Å². The largest absolute Gasteiger partial charge is 0.381 e. The molecule has 1 aromatic carbocycles. The molecule has 3 aromatic rings. The number of pyridine rings is 1. The van der Waals surface area contributed by atoms with Gasteiger partial charge in [0.2, 0.25) is 0 Å². The summed E-state index contributed by atoms with van der Waals surface area (Å²) in [6.07, 6.45) is 4.84. The van der Waals surface area contributed by atoms with Gasteiger partial charge in [-0.25, -0.2) is 9.67 Å². The molecule has 2 aliphatic rings. The summed E-state index contributed by atoms with van der Waals surface area (Å²) in [6, 6.07) is 14.9. The summed E-state index contributed by atoms with van der Waals surface area (Å²) >= 11 is 0. The van der Waals surface area contributed by atoms with E-state index in [2.05, 4.69) is 33.9 Å². The van der Waals surface area contributed by atoms with Crippen molar-refractivity contribution in [3.05, 3.63) is 65.6 Å². The topological polar surface area (TPSA) is 52.8 Å². The highest BCUT2D eigenvalue weighted by molar-refractivity contribution is 5.48. The smallest absolute Gasteiger partial charge is 0.200 e. The van der Waals surface area contributed by atoms with Crippen molar-refractivity contribution < 1.29 is 4.74 Å². The van der Waals surface area contributed by atoms with Gasteiger partial charge in [-0.1, -0.05) is 30.3 Å². The van der Waals surface area contributed by atoms with Gasteiger partial charge >= 0.3 is 0 Å². The van der Waals surface area contributed by atoms with E-state index >= 15 is 0 Å². The first kappa shape index (κ1) is 14.8. The molecule has 1 saturated heterocycles. The Kier molecular flexibility index (Phi) is 3.59. The molecule has 5 rings (SSSR count). The molecule has 2 aromatic heterocycles. The first-order chi connectivity index (χ1) is 12.4. The number of aromatic nitrogens is 4. The predicted molar refractivity (Wildman–Crippen MR) is 94.3 cm³/mol. The van der Waals surface area contributed by atoms with Crippen LogP contribution in [0.5, 0.6) is 0 Å². The molecule has 3 heterocycles. The normalized spacial score (nSPS) is 20.1. The Bertz CT molecular complexity index is 859. The number of fused-ring (bicyclic) bond motifs is 1. The van der Waals surface area contributed by atoms with Crippen molar-refractivity contribution in [3.63, 3.8) is 0 Å². The second-order valence-electron chi connectivity index (χ2n) is 6.84. The van der Waals surface area contributed by atoms with E-state index in [0.29, 0.717) is 12.0 Å². The maximum atomic E-state index is 5.61. The van der Waals surface area contributed by atoms with Crippen molar-refractivity contribution in [3.8, 4) is 11.5 Å². The van der Waals surface area contributed by atoms with Gasteiger partial charge in [-0.2, -0.15) is 0 Å². The van der Waals surface area contributed by atoms with Gasteiger partial charge in [0.05, 0.1) is 12.6 Å². The lowest BCUT2D eigenvalue weighted by atomic mass is 10.1. The highest BCUT2D eigenvalue weighted by atomic mass is 16.5. The van der Waals surface area contributed by atoms with E-state index < -0.39 is 0 Å². The molecule has 25 heavy (non-hydrogen) atoms. The summed E-state index contributed by atoms with van der Waals surface area (Å²) in [5.74, 6) is 2.10. The van der Waals surface area contributed by atoms with Crippen LogP contribution in [0.2, 0.25) is 0 Å². The van der Waals surface area contributed by atoms with Gasteiger partial charge in [-0.05, 0) is 42.5 Å². The van der Waals surface area contributed by atoms with E-state index in [9.17, 15) is 0 Å². The monoisotopic (exact) mass is 332 g/mol. The van der Waals surface area contributed by atoms with Crippen LogP contribution in [-0.4, -0.2) is 33.0 Å². The molecule has 0 N–H and O–H groups in total. The second-order valence-corrected chi connectivity index (χ2v) is 6.84. The Morgan fingerprint density at radius 2 is 1.80 bits per heavy atom. The van der Waals surface area contributed by atoms with Crippen LogP contribution < -0.4 is 0 Å².